The number of rotatable bonds is 6. The van der Waals surface area contributed by atoms with Crippen LogP contribution >= 0.6 is 0 Å². The molecular formula is C27H31N3O4S. The number of ether oxygens (including phenoxy) is 2. The predicted molar refractivity (Wildman–Crippen MR) is 134 cm³/mol. The quantitative estimate of drug-likeness (QED) is 0.589. The van der Waals surface area contributed by atoms with Gasteiger partial charge in [-0.1, -0.05) is 18.2 Å². The molecule has 3 atom stereocenters. The number of hydrogen-bond acceptors (Lipinski definition) is 6. The summed E-state index contributed by atoms with van der Waals surface area (Å²) in [4.78, 5) is 2.42. The van der Waals surface area contributed by atoms with Crippen LogP contribution in [-0.4, -0.2) is 46.1 Å². The number of anilines is 2. The monoisotopic (exact) mass is 493 g/mol. The number of nitrogens with zero attached hydrogens (tertiary/aromatic N) is 3. The molecule has 3 aliphatic heterocycles. The maximum atomic E-state index is 12.4. The van der Waals surface area contributed by atoms with Crippen LogP contribution in [0.25, 0.3) is 0 Å². The van der Waals surface area contributed by atoms with Crippen LogP contribution in [0, 0.1) is 11.3 Å². The lowest BCUT2D eigenvalue weighted by atomic mass is 9.87. The molecule has 0 aromatic heterocycles. The molecule has 0 radical (unpaired) electrons. The highest BCUT2D eigenvalue weighted by Gasteiger charge is 2.44. The van der Waals surface area contributed by atoms with Crippen LogP contribution in [0.15, 0.2) is 42.5 Å². The van der Waals surface area contributed by atoms with Gasteiger partial charge in [-0.3, -0.25) is 4.31 Å². The molecule has 35 heavy (non-hydrogen) atoms. The maximum Gasteiger partial charge on any atom is 0.235 e. The Morgan fingerprint density at radius 1 is 1.06 bits per heavy atom. The molecule has 3 heterocycles. The summed E-state index contributed by atoms with van der Waals surface area (Å²) in [5.74, 6) is 0.727. The summed E-state index contributed by atoms with van der Waals surface area (Å²) in [6.45, 7) is 1.89. The van der Waals surface area contributed by atoms with Crippen LogP contribution in [-0.2, 0) is 14.8 Å². The van der Waals surface area contributed by atoms with Crippen molar-refractivity contribution >= 4 is 21.4 Å². The van der Waals surface area contributed by atoms with Crippen LogP contribution in [0.3, 0.4) is 0 Å². The fourth-order valence-electron chi connectivity index (χ4n) is 5.89. The number of benzene rings is 2. The molecule has 0 spiro atoms. The van der Waals surface area contributed by atoms with Gasteiger partial charge in [0.05, 0.1) is 35.6 Å². The van der Waals surface area contributed by atoms with E-state index < -0.39 is 10.0 Å². The van der Waals surface area contributed by atoms with Crippen LogP contribution in [0.4, 0.5) is 11.4 Å². The van der Waals surface area contributed by atoms with E-state index in [0.717, 1.165) is 54.9 Å². The van der Waals surface area contributed by atoms with Crippen molar-refractivity contribution in [2.75, 3.05) is 34.7 Å². The van der Waals surface area contributed by atoms with Crippen molar-refractivity contribution in [3.63, 3.8) is 0 Å². The number of fused-ring (bicyclic) bond motifs is 1. The zero-order chi connectivity index (χ0) is 24.0. The fraction of sp³-hybridized carbons (Fsp3) is 0.519. The van der Waals surface area contributed by atoms with E-state index in [2.05, 4.69) is 17.0 Å². The van der Waals surface area contributed by atoms with E-state index >= 15 is 0 Å². The summed E-state index contributed by atoms with van der Waals surface area (Å²) in [6, 6.07) is 16.8. The summed E-state index contributed by atoms with van der Waals surface area (Å²) in [5.41, 5.74) is 3.87. The van der Waals surface area contributed by atoms with E-state index in [4.69, 9.17) is 9.47 Å². The molecule has 2 unspecified atom stereocenters. The van der Waals surface area contributed by atoms with Gasteiger partial charge in [-0.05, 0) is 67.9 Å². The van der Waals surface area contributed by atoms with Gasteiger partial charge in [0.25, 0.3) is 0 Å². The Kier molecular flexibility index (Phi) is 5.85. The number of sulfonamides is 1. The summed E-state index contributed by atoms with van der Waals surface area (Å²) in [5, 5.41) is 10.2. The van der Waals surface area contributed by atoms with Crippen LogP contribution in [0.5, 0.6) is 5.75 Å². The van der Waals surface area contributed by atoms with Gasteiger partial charge >= 0.3 is 0 Å². The third-order valence-corrected chi connectivity index (χ3v) is 9.79. The minimum Gasteiger partial charge on any atom is -0.491 e. The standard InChI is InChI=1S/C27H31N3O4S/c28-17-25-24-12-11-22(34-18-23-6-2-14-33-23)16-26(24)30(21-4-1-5-21)27(25)19-7-9-20(10-8-19)29-13-3-15-35(29,31)32/h7-12,16,21,23,25,27H,1-6,13-15,18H2/t23-,25?,27?/m1/s1. The third-order valence-electron chi connectivity index (χ3n) is 7.92. The van der Waals surface area contributed by atoms with Crippen LogP contribution in [0.2, 0.25) is 0 Å². The highest BCUT2D eigenvalue weighted by molar-refractivity contribution is 7.93. The van der Waals surface area contributed by atoms with E-state index in [9.17, 15) is 13.7 Å². The highest BCUT2D eigenvalue weighted by atomic mass is 32.2. The molecule has 6 rings (SSSR count). The maximum absolute atomic E-state index is 12.4. The molecule has 3 fully saturated rings. The van der Waals surface area contributed by atoms with Crippen molar-refractivity contribution < 1.29 is 17.9 Å². The topological polar surface area (TPSA) is 82.9 Å². The van der Waals surface area contributed by atoms with Crippen molar-refractivity contribution in [1.82, 2.24) is 0 Å². The molecule has 2 aromatic carbocycles. The lowest BCUT2D eigenvalue weighted by Gasteiger charge is -2.41. The Balaban J connectivity index is 1.31. The van der Waals surface area contributed by atoms with Gasteiger partial charge in [-0.25, -0.2) is 8.42 Å². The molecule has 8 heteroatoms. The first-order valence-electron chi connectivity index (χ1n) is 12.7. The van der Waals surface area contributed by atoms with Crippen LogP contribution < -0.4 is 13.9 Å². The Hall–Kier alpha value is -2.76. The minimum absolute atomic E-state index is 0.0991. The van der Waals surface area contributed by atoms with Crippen LogP contribution in [0.1, 0.15) is 61.6 Å². The molecule has 4 aliphatic rings. The molecule has 1 aliphatic carbocycles. The second-order valence-corrected chi connectivity index (χ2v) is 12.1. The molecular weight excluding hydrogens is 462 g/mol. The molecule has 0 N–H and O–H groups in total. The predicted octanol–water partition coefficient (Wildman–Crippen LogP) is 4.51. The second kappa shape index (κ2) is 9.03. The lowest BCUT2D eigenvalue weighted by Crippen LogP contribution is -2.41. The first-order chi connectivity index (χ1) is 17.0. The molecule has 7 nitrogen and oxygen atoms in total. The largest absolute Gasteiger partial charge is 0.491 e. The normalized spacial score (nSPS) is 27.5. The highest BCUT2D eigenvalue weighted by Crippen LogP contribution is 2.53. The van der Waals surface area contributed by atoms with Gasteiger partial charge in [-0.15, -0.1) is 0 Å². The molecule has 0 bridgehead atoms. The van der Waals surface area contributed by atoms with Crippen molar-refractivity contribution in [2.45, 2.75) is 62.6 Å². The molecule has 184 valence electrons. The number of nitriles is 1. The van der Waals surface area contributed by atoms with Gasteiger partial charge in [0.15, 0.2) is 0 Å². The summed E-state index contributed by atoms with van der Waals surface area (Å²) >= 11 is 0. The van der Waals surface area contributed by atoms with Gasteiger partial charge in [0, 0.05) is 30.9 Å². The third kappa shape index (κ3) is 4.05. The first-order valence-corrected chi connectivity index (χ1v) is 14.3. The first kappa shape index (κ1) is 22.7. The van der Waals surface area contributed by atoms with Gasteiger partial charge in [-0.2, -0.15) is 5.26 Å². The Bertz CT molecular complexity index is 1230. The van der Waals surface area contributed by atoms with E-state index in [-0.39, 0.29) is 23.8 Å². The minimum atomic E-state index is -3.22. The van der Waals surface area contributed by atoms with Gasteiger partial charge < -0.3 is 14.4 Å². The van der Waals surface area contributed by atoms with Crippen molar-refractivity contribution in [3.8, 4) is 11.8 Å². The molecule has 0 amide bonds. The Morgan fingerprint density at radius 2 is 1.89 bits per heavy atom. The summed E-state index contributed by atoms with van der Waals surface area (Å²) in [7, 11) is -3.22. The van der Waals surface area contributed by atoms with E-state index in [1.165, 1.54) is 10.7 Å². The lowest BCUT2D eigenvalue weighted by molar-refractivity contribution is 0.0679. The van der Waals surface area contributed by atoms with E-state index in [0.29, 0.717) is 31.3 Å². The van der Waals surface area contributed by atoms with E-state index in [1.54, 1.807) is 0 Å². The average molecular weight is 494 g/mol. The van der Waals surface area contributed by atoms with E-state index in [1.807, 2.05) is 36.4 Å². The van der Waals surface area contributed by atoms with Crippen molar-refractivity contribution in [1.29, 1.82) is 5.26 Å². The average Bonchev–Trinajstić information content (AvgIpc) is 3.54. The second-order valence-electron chi connectivity index (χ2n) is 10.0. The Morgan fingerprint density at radius 3 is 2.51 bits per heavy atom. The summed E-state index contributed by atoms with van der Waals surface area (Å²) < 4.78 is 38.0. The van der Waals surface area contributed by atoms with Crippen molar-refractivity contribution in [2.24, 2.45) is 0 Å². The zero-order valence-corrected chi connectivity index (χ0v) is 20.6. The van der Waals surface area contributed by atoms with Gasteiger partial charge in [0.1, 0.15) is 12.4 Å². The number of hydrogen-bond donors (Lipinski definition) is 0. The Labute approximate surface area is 207 Å². The summed E-state index contributed by atoms with van der Waals surface area (Å²) in [6.07, 6.45) is 6.35. The fourth-order valence-corrected chi connectivity index (χ4v) is 7.46. The smallest absolute Gasteiger partial charge is 0.235 e. The van der Waals surface area contributed by atoms with Crippen molar-refractivity contribution in [3.05, 3.63) is 53.6 Å². The molecule has 1 saturated carbocycles. The molecule has 2 aromatic rings. The SMILES string of the molecule is N#CC1c2ccc(OC[C@H]3CCCO3)cc2N(C2CCC2)C1c1ccc(N2CCCS2(=O)=O)cc1. The zero-order valence-electron chi connectivity index (χ0n) is 19.8. The van der Waals surface area contributed by atoms with Gasteiger partial charge in [0.2, 0.25) is 10.0 Å². The molecule has 2 saturated heterocycles.